The smallest absolute Gasteiger partial charge is 0.262 e. The lowest BCUT2D eigenvalue weighted by atomic mass is 10.1. The standard InChI is InChI=1S/C23H16FN5O2S/c24-16-5-2-7-18(13-16)31-14-22(30)25-17-6-1-4-15(12-17)19-9-10-21-26-27-23(29(21)28-19)20-8-3-11-32-20/h1-13H,14H2,(H,25,30). The molecule has 7 nitrogen and oxygen atoms in total. The number of nitrogens with one attached hydrogen (secondary N) is 1. The Labute approximate surface area is 186 Å². The van der Waals surface area contributed by atoms with E-state index < -0.39 is 5.82 Å². The van der Waals surface area contributed by atoms with Gasteiger partial charge in [-0.3, -0.25) is 4.79 Å². The predicted molar refractivity (Wildman–Crippen MR) is 120 cm³/mol. The fraction of sp³-hybridized carbons (Fsp3) is 0.0435. The molecule has 1 N–H and O–H groups in total. The fourth-order valence-electron chi connectivity index (χ4n) is 3.16. The van der Waals surface area contributed by atoms with Crippen LogP contribution in [0.4, 0.5) is 10.1 Å². The number of carbonyl (C=O) groups excluding carboxylic acids is 1. The van der Waals surface area contributed by atoms with Crippen LogP contribution >= 0.6 is 11.3 Å². The number of fused-ring (bicyclic) bond motifs is 1. The van der Waals surface area contributed by atoms with Gasteiger partial charge in [-0.15, -0.1) is 21.5 Å². The molecule has 2 aromatic carbocycles. The molecule has 0 saturated carbocycles. The zero-order valence-corrected chi connectivity index (χ0v) is 17.4. The van der Waals surface area contributed by atoms with Crippen molar-refractivity contribution in [3.05, 3.63) is 84.0 Å². The van der Waals surface area contributed by atoms with Crippen LogP contribution in [-0.2, 0) is 4.79 Å². The van der Waals surface area contributed by atoms with Crippen LogP contribution in [-0.4, -0.2) is 32.3 Å². The summed E-state index contributed by atoms with van der Waals surface area (Å²) in [5.41, 5.74) is 2.78. The second-order valence-corrected chi connectivity index (χ2v) is 7.81. The monoisotopic (exact) mass is 445 g/mol. The van der Waals surface area contributed by atoms with Gasteiger partial charge in [0.15, 0.2) is 18.1 Å². The molecular weight excluding hydrogens is 429 g/mol. The van der Waals surface area contributed by atoms with E-state index in [-0.39, 0.29) is 12.5 Å². The van der Waals surface area contributed by atoms with Crippen molar-refractivity contribution in [2.75, 3.05) is 11.9 Å². The average molecular weight is 445 g/mol. The summed E-state index contributed by atoms with van der Waals surface area (Å²) in [4.78, 5) is 13.2. The number of hydrogen-bond donors (Lipinski definition) is 1. The number of benzene rings is 2. The van der Waals surface area contributed by atoms with Crippen LogP contribution in [0.2, 0.25) is 0 Å². The zero-order valence-electron chi connectivity index (χ0n) is 16.6. The summed E-state index contributed by atoms with van der Waals surface area (Å²) in [7, 11) is 0. The molecule has 0 aliphatic carbocycles. The molecule has 3 aromatic heterocycles. The minimum absolute atomic E-state index is 0.233. The van der Waals surface area contributed by atoms with Crippen LogP contribution in [0.1, 0.15) is 0 Å². The van der Waals surface area contributed by atoms with E-state index in [1.807, 2.05) is 47.8 Å². The maximum Gasteiger partial charge on any atom is 0.262 e. The topological polar surface area (TPSA) is 81.4 Å². The van der Waals surface area contributed by atoms with Gasteiger partial charge < -0.3 is 10.1 Å². The minimum atomic E-state index is -0.421. The SMILES string of the molecule is O=C(COc1cccc(F)c1)Nc1cccc(-c2ccc3nnc(-c4cccs4)n3n2)c1. The van der Waals surface area contributed by atoms with Gasteiger partial charge in [-0.05, 0) is 47.8 Å². The molecule has 9 heteroatoms. The summed E-state index contributed by atoms with van der Waals surface area (Å²) in [5.74, 6) is 0.196. The van der Waals surface area contributed by atoms with Crippen LogP contribution in [0.5, 0.6) is 5.75 Å². The summed E-state index contributed by atoms with van der Waals surface area (Å²) >= 11 is 1.57. The Morgan fingerprint density at radius 3 is 2.78 bits per heavy atom. The maximum absolute atomic E-state index is 13.2. The Hall–Kier alpha value is -4.11. The van der Waals surface area contributed by atoms with Crippen molar-refractivity contribution in [2.24, 2.45) is 0 Å². The summed E-state index contributed by atoms with van der Waals surface area (Å²) in [6.07, 6.45) is 0. The summed E-state index contributed by atoms with van der Waals surface area (Å²) < 4.78 is 20.3. The van der Waals surface area contributed by atoms with Crippen molar-refractivity contribution in [1.82, 2.24) is 19.8 Å². The lowest BCUT2D eigenvalue weighted by Crippen LogP contribution is -2.20. The number of amides is 1. The molecule has 0 bridgehead atoms. The number of ether oxygens (including phenoxy) is 1. The van der Waals surface area contributed by atoms with Gasteiger partial charge in [-0.2, -0.15) is 9.61 Å². The first-order valence-corrected chi connectivity index (χ1v) is 10.6. The highest BCUT2D eigenvalue weighted by Gasteiger charge is 2.12. The lowest BCUT2D eigenvalue weighted by Gasteiger charge is -2.09. The van der Waals surface area contributed by atoms with E-state index in [1.54, 1.807) is 28.0 Å². The summed E-state index contributed by atoms with van der Waals surface area (Å²) in [6.45, 7) is -0.233. The molecule has 0 aliphatic rings. The first-order chi connectivity index (χ1) is 15.7. The van der Waals surface area contributed by atoms with E-state index in [4.69, 9.17) is 9.84 Å². The first-order valence-electron chi connectivity index (χ1n) is 9.71. The largest absolute Gasteiger partial charge is 0.484 e. The van der Waals surface area contributed by atoms with Gasteiger partial charge in [0, 0.05) is 17.3 Å². The molecule has 0 spiro atoms. The number of carbonyl (C=O) groups is 1. The molecule has 0 radical (unpaired) electrons. The second kappa shape index (κ2) is 8.56. The highest BCUT2D eigenvalue weighted by molar-refractivity contribution is 7.13. The predicted octanol–water partition coefficient (Wildman–Crippen LogP) is 4.68. The molecule has 5 aromatic rings. The normalized spacial score (nSPS) is 10.9. The third-order valence-corrected chi connectivity index (χ3v) is 5.48. The Morgan fingerprint density at radius 1 is 1.03 bits per heavy atom. The molecule has 0 unspecified atom stereocenters. The Kier molecular flexibility index (Phi) is 5.30. The second-order valence-electron chi connectivity index (χ2n) is 6.86. The Bertz CT molecular complexity index is 1400. The molecule has 0 aliphatic heterocycles. The number of thiophene rings is 1. The molecule has 3 heterocycles. The number of hydrogen-bond acceptors (Lipinski definition) is 6. The molecule has 0 saturated heterocycles. The van der Waals surface area contributed by atoms with E-state index in [0.717, 1.165) is 10.4 Å². The van der Waals surface area contributed by atoms with E-state index in [2.05, 4.69) is 15.5 Å². The van der Waals surface area contributed by atoms with Gasteiger partial charge in [0.25, 0.3) is 5.91 Å². The minimum Gasteiger partial charge on any atom is -0.484 e. The van der Waals surface area contributed by atoms with Gasteiger partial charge in [-0.1, -0.05) is 24.3 Å². The fourth-order valence-corrected chi connectivity index (χ4v) is 3.85. The van der Waals surface area contributed by atoms with E-state index in [1.165, 1.54) is 18.2 Å². The number of halogens is 1. The van der Waals surface area contributed by atoms with Crippen LogP contribution in [0, 0.1) is 5.82 Å². The molecule has 5 rings (SSSR count). The quantitative estimate of drug-likeness (QED) is 0.411. The third kappa shape index (κ3) is 4.19. The van der Waals surface area contributed by atoms with E-state index in [9.17, 15) is 9.18 Å². The van der Waals surface area contributed by atoms with Crippen LogP contribution in [0.15, 0.2) is 78.2 Å². The van der Waals surface area contributed by atoms with E-state index in [0.29, 0.717) is 28.6 Å². The highest BCUT2D eigenvalue weighted by Crippen LogP contribution is 2.25. The molecule has 32 heavy (non-hydrogen) atoms. The summed E-state index contributed by atoms with van der Waals surface area (Å²) in [6, 6.07) is 20.6. The van der Waals surface area contributed by atoms with Gasteiger partial charge in [0.05, 0.1) is 10.6 Å². The van der Waals surface area contributed by atoms with Crippen LogP contribution in [0.25, 0.3) is 27.6 Å². The van der Waals surface area contributed by atoms with Gasteiger partial charge in [0.1, 0.15) is 11.6 Å². The zero-order chi connectivity index (χ0) is 21.9. The number of nitrogens with zero attached hydrogens (tertiary/aromatic N) is 4. The lowest BCUT2D eigenvalue weighted by molar-refractivity contribution is -0.118. The maximum atomic E-state index is 13.2. The Morgan fingerprint density at radius 2 is 1.94 bits per heavy atom. The van der Waals surface area contributed by atoms with Crippen LogP contribution < -0.4 is 10.1 Å². The van der Waals surface area contributed by atoms with Gasteiger partial charge >= 0.3 is 0 Å². The first kappa shape index (κ1) is 19.8. The van der Waals surface area contributed by atoms with Crippen molar-refractivity contribution >= 4 is 28.6 Å². The van der Waals surface area contributed by atoms with Crippen molar-refractivity contribution < 1.29 is 13.9 Å². The molecule has 0 atom stereocenters. The van der Waals surface area contributed by atoms with E-state index >= 15 is 0 Å². The van der Waals surface area contributed by atoms with Crippen molar-refractivity contribution in [1.29, 1.82) is 0 Å². The molecular formula is C23H16FN5O2S. The number of aromatic nitrogens is 4. The van der Waals surface area contributed by atoms with Crippen molar-refractivity contribution in [3.63, 3.8) is 0 Å². The molecule has 0 fully saturated rings. The number of rotatable bonds is 6. The molecule has 1 amide bonds. The van der Waals surface area contributed by atoms with Crippen LogP contribution in [0.3, 0.4) is 0 Å². The Balaban J connectivity index is 1.34. The summed E-state index contributed by atoms with van der Waals surface area (Å²) in [5, 5.41) is 17.9. The number of anilines is 1. The third-order valence-electron chi connectivity index (χ3n) is 4.61. The van der Waals surface area contributed by atoms with Crippen molar-refractivity contribution in [2.45, 2.75) is 0 Å². The van der Waals surface area contributed by atoms with Gasteiger partial charge in [-0.25, -0.2) is 4.39 Å². The van der Waals surface area contributed by atoms with Gasteiger partial charge in [0.2, 0.25) is 0 Å². The molecule has 158 valence electrons. The van der Waals surface area contributed by atoms with Crippen molar-refractivity contribution in [3.8, 4) is 27.7 Å². The highest BCUT2D eigenvalue weighted by atomic mass is 32.1. The average Bonchev–Trinajstić information content (AvgIpc) is 3.47.